The smallest absolute Gasteiger partial charge is 0.324 e. The van der Waals surface area contributed by atoms with Gasteiger partial charge in [-0.2, -0.15) is 0 Å². The van der Waals surface area contributed by atoms with Crippen molar-refractivity contribution in [2.24, 2.45) is 17.6 Å². The summed E-state index contributed by atoms with van der Waals surface area (Å²) in [5, 5.41) is 9.94. The lowest BCUT2D eigenvalue weighted by Crippen LogP contribution is -2.52. The van der Waals surface area contributed by atoms with Crippen molar-refractivity contribution in [2.45, 2.75) is 117 Å². The van der Waals surface area contributed by atoms with E-state index in [4.69, 9.17) is 19.9 Å². The number of benzene rings is 1. The molecule has 0 aromatic heterocycles. The van der Waals surface area contributed by atoms with Crippen LogP contribution in [0.15, 0.2) is 18.2 Å². The highest BCUT2D eigenvalue weighted by atomic mass is 16.6. The van der Waals surface area contributed by atoms with Crippen molar-refractivity contribution in [3.63, 3.8) is 0 Å². The van der Waals surface area contributed by atoms with E-state index < -0.39 is 29.6 Å². The number of ether oxygens (including phenoxy) is 3. The lowest BCUT2D eigenvalue weighted by Gasteiger charge is -2.28. The predicted molar refractivity (Wildman–Crippen MR) is 148 cm³/mol. The Labute approximate surface area is 232 Å². The Hall–Kier alpha value is -2.94. The van der Waals surface area contributed by atoms with E-state index in [0.29, 0.717) is 36.7 Å². The molecule has 1 aromatic carbocycles. The summed E-state index contributed by atoms with van der Waals surface area (Å²) in [5.41, 5.74) is 5.02. The monoisotopic (exact) mass is 549 g/mol. The summed E-state index contributed by atoms with van der Waals surface area (Å²) in [6.07, 6.45) is 3.57. The Bertz CT molecular complexity index is 958. The third-order valence-electron chi connectivity index (χ3n) is 6.22. The van der Waals surface area contributed by atoms with Gasteiger partial charge in [-0.25, -0.2) is 0 Å². The van der Waals surface area contributed by atoms with Gasteiger partial charge in [-0.15, -0.1) is 0 Å². The Morgan fingerprint density at radius 2 is 1.41 bits per heavy atom. The van der Waals surface area contributed by atoms with Crippen molar-refractivity contribution in [3.05, 3.63) is 23.8 Å². The van der Waals surface area contributed by atoms with Gasteiger partial charge in [0.1, 0.15) is 11.6 Å². The van der Waals surface area contributed by atoms with Crippen molar-refractivity contribution in [1.82, 2.24) is 0 Å². The molecule has 0 amide bonds. The second-order valence-electron chi connectivity index (χ2n) is 11.2. The van der Waals surface area contributed by atoms with Gasteiger partial charge in [-0.3, -0.25) is 19.2 Å². The molecule has 9 heteroatoms. The van der Waals surface area contributed by atoms with E-state index in [1.165, 1.54) is 12.1 Å². The van der Waals surface area contributed by atoms with E-state index >= 15 is 0 Å². The molecule has 0 aliphatic heterocycles. The van der Waals surface area contributed by atoms with Crippen molar-refractivity contribution < 1.29 is 38.5 Å². The molecule has 1 aromatic rings. The van der Waals surface area contributed by atoms with Gasteiger partial charge in [0.25, 0.3) is 0 Å². The largest absolute Gasteiger partial charge is 0.480 e. The number of unbranched alkanes of at least 4 members (excludes halogenated alkanes) is 2. The summed E-state index contributed by atoms with van der Waals surface area (Å²) in [6.45, 7) is 11.6. The van der Waals surface area contributed by atoms with Crippen LogP contribution in [0.3, 0.4) is 0 Å². The second kappa shape index (κ2) is 16.9. The van der Waals surface area contributed by atoms with E-state index in [9.17, 15) is 24.3 Å². The first-order valence-corrected chi connectivity index (χ1v) is 14.0. The van der Waals surface area contributed by atoms with Gasteiger partial charge in [0, 0.05) is 32.1 Å². The quantitative estimate of drug-likeness (QED) is 0.136. The van der Waals surface area contributed by atoms with Crippen LogP contribution < -0.4 is 15.2 Å². The van der Waals surface area contributed by atoms with Crippen LogP contribution in [0.25, 0.3) is 0 Å². The topological polar surface area (TPSA) is 142 Å². The van der Waals surface area contributed by atoms with Gasteiger partial charge < -0.3 is 25.1 Å². The van der Waals surface area contributed by atoms with E-state index in [1.807, 2.05) is 34.6 Å². The molecule has 0 fully saturated rings. The number of carboxylic acid groups (broad SMARTS) is 1. The zero-order chi connectivity index (χ0) is 29.6. The van der Waals surface area contributed by atoms with Crippen LogP contribution in [0.2, 0.25) is 0 Å². The van der Waals surface area contributed by atoms with E-state index in [2.05, 4.69) is 0 Å². The predicted octanol–water partition coefficient (Wildman–Crippen LogP) is 5.60. The van der Waals surface area contributed by atoms with Crippen LogP contribution in [-0.2, 0) is 30.3 Å². The van der Waals surface area contributed by atoms with Crippen molar-refractivity contribution in [3.8, 4) is 11.5 Å². The van der Waals surface area contributed by atoms with Crippen molar-refractivity contribution >= 4 is 23.9 Å². The Morgan fingerprint density at radius 3 is 1.92 bits per heavy atom. The maximum Gasteiger partial charge on any atom is 0.324 e. The maximum absolute atomic E-state index is 12.5. The number of carbonyl (C=O) groups excluding carboxylic acids is 3. The van der Waals surface area contributed by atoms with Crippen LogP contribution in [0.5, 0.6) is 11.5 Å². The molecular weight excluding hydrogens is 502 g/mol. The number of aliphatic carboxylic acids is 1. The van der Waals surface area contributed by atoms with Crippen LogP contribution in [0.4, 0.5) is 0 Å². The van der Waals surface area contributed by atoms with Gasteiger partial charge in [0.2, 0.25) is 0 Å². The number of esters is 3. The summed E-state index contributed by atoms with van der Waals surface area (Å²) in [6, 6.07) is 4.54. The van der Waals surface area contributed by atoms with Crippen LogP contribution in [-0.4, -0.2) is 40.6 Å². The molecule has 0 aliphatic rings. The number of hydrogen-bond donors (Lipinski definition) is 2. The minimum Gasteiger partial charge on any atom is -0.480 e. The first-order chi connectivity index (χ1) is 18.2. The van der Waals surface area contributed by atoms with Crippen molar-refractivity contribution in [2.75, 3.05) is 0 Å². The fourth-order valence-corrected chi connectivity index (χ4v) is 3.94. The summed E-state index contributed by atoms with van der Waals surface area (Å²) in [5.74, 6) is -1.85. The fourth-order valence-electron chi connectivity index (χ4n) is 3.94. The zero-order valence-electron chi connectivity index (χ0n) is 24.4. The second-order valence-corrected chi connectivity index (χ2v) is 11.2. The third kappa shape index (κ3) is 13.6. The highest BCUT2D eigenvalue weighted by Crippen LogP contribution is 2.32. The number of nitrogens with two attached hydrogens (primary N) is 1. The van der Waals surface area contributed by atoms with E-state index in [1.54, 1.807) is 13.0 Å². The molecule has 220 valence electrons. The summed E-state index contributed by atoms with van der Waals surface area (Å²) >= 11 is 0. The summed E-state index contributed by atoms with van der Waals surface area (Å²) in [4.78, 5) is 49.1. The normalized spacial score (nSPS) is 13.6. The molecule has 0 spiro atoms. The van der Waals surface area contributed by atoms with E-state index in [-0.39, 0.29) is 49.6 Å². The molecule has 39 heavy (non-hydrogen) atoms. The van der Waals surface area contributed by atoms with Gasteiger partial charge >= 0.3 is 23.9 Å². The van der Waals surface area contributed by atoms with Crippen molar-refractivity contribution in [1.29, 1.82) is 0 Å². The molecule has 0 saturated carbocycles. The van der Waals surface area contributed by atoms with Gasteiger partial charge in [0.15, 0.2) is 11.5 Å². The lowest BCUT2D eigenvalue weighted by atomic mass is 9.86. The number of carbonyl (C=O) groups is 4. The molecular formula is C30H47NO8. The Balaban J connectivity index is 3.10. The molecule has 0 bridgehead atoms. The zero-order valence-corrected chi connectivity index (χ0v) is 24.4. The lowest BCUT2D eigenvalue weighted by molar-refractivity contribution is -0.153. The summed E-state index contributed by atoms with van der Waals surface area (Å²) in [7, 11) is 0. The van der Waals surface area contributed by atoms with Crippen LogP contribution in [0, 0.1) is 11.8 Å². The standard InChI is InChI=1S/C30H47NO8/c1-7-8-9-10-26(32)37-22(6)18-30(31,29(35)36)19-23-13-14-24(38-27(33)15-11-20(2)3)25(17-23)39-28(34)16-12-21(4)5/h13-14,17,20-22H,7-12,15-16,18-19,31H2,1-6H3,(H,35,36)/t22-,30?/m0/s1. The van der Waals surface area contributed by atoms with Crippen LogP contribution >= 0.6 is 0 Å². The molecule has 0 aliphatic carbocycles. The molecule has 2 atom stereocenters. The van der Waals surface area contributed by atoms with Gasteiger partial charge in [-0.1, -0.05) is 53.5 Å². The average Bonchev–Trinajstić information content (AvgIpc) is 2.83. The number of carboxylic acids is 1. The highest BCUT2D eigenvalue weighted by molar-refractivity contribution is 5.80. The molecule has 0 heterocycles. The average molecular weight is 550 g/mol. The first-order valence-electron chi connectivity index (χ1n) is 14.0. The molecule has 0 radical (unpaired) electrons. The third-order valence-corrected chi connectivity index (χ3v) is 6.22. The Morgan fingerprint density at radius 1 is 0.846 bits per heavy atom. The number of hydrogen-bond acceptors (Lipinski definition) is 8. The van der Waals surface area contributed by atoms with Gasteiger partial charge in [-0.05, 0) is 55.7 Å². The molecule has 1 rings (SSSR count). The minimum atomic E-state index is -1.75. The number of rotatable bonds is 18. The van der Waals surface area contributed by atoms with Gasteiger partial charge in [0.05, 0.1) is 0 Å². The Kier molecular flexibility index (Phi) is 14.8. The first kappa shape index (κ1) is 34.1. The fraction of sp³-hybridized carbons (Fsp3) is 0.667. The summed E-state index contributed by atoms with van der Waals surface area (Å²) < 4.78 is 16.4. The minimum absolute atomic E-state index is 0.0299. The molecule has 0 saturated heterocycles. The molecule has 3 N–H and O–H groups in total. The maximum atomic E-state index is 12.5. The molecule has 1 unspecified atom stereocenters. The van der Waals surface area contributed by atoms with E-state index in [0.717, 1.165) is 12.8 Å². The molecule has 9 nitrogen and oxygen atoms in total. The SMILES string of the molecule is CCCCCC(=O)O[C@@H](C)CC(N)(Cc1ccc(OC(=O)CCC(C)C)c(OC(=O)CCC(C)C)c1)C(=O)O. The van der Waals surface area contributed by atoms with Crippen LogP contribution in [0.1, 0.15) is 105 Å². The highest BCUT2D eigenvalue weighted by Gasteiger charge is 2.37.